The minimum Gasteiger partial charge on any atom is -0.502 e. The summed E-state index contributed by atoms with van der Waals surface area (Å²) in [4.78, 5) is 26.8. The fourth-order valence-electron chi connectivity index (χ4n) is 1.38. The molecule has 0 aliphatic carbocycles. The molecule has 0 radical (unpaired) electrons. The van der Waals surface area contributed by atoms with Crippen LogP contribution in [0, 0.1) is 12.7 Å². The highest BCUT2D eigenvalue weighted by atomic mass is 19.1. The number of amides is 1. The molecule has 0 spiro atoms. The molecule has 0 bridgehead atoms. The van der Waals surface area contributed by atoms with Gasteiger partial charge in [-0.25, -0.2) is 14.2 Å². The van der Waals surface area contributed by atoms with Crippen LogP contribution < -0.4 is 0 Å². The van der Waals surface area contributed by atoms with E-state index < -0.39 is 23.5 Å². The molecule has 1 aromatic carbocycles. The van der Waals surface area contributed by atoms with Gasteiger partial charge in [0.15, 0.2) is 0 Å². The molecule has 0 aliphatic rings. The number of carboxylic acids is 1. The van der Waals surface area contributed by atoms with E-state index in [9.17, 15) is 14.0 Å². The zero-order valence-corrected chi connectivity index (χ0v) is 11.0. The highest BCUT2D eigenvalue weighted by molar-refractivity contribution is 5.95. The minimum absolute atomic E-state index is 0.0874. The van der Waals surface area contributed by atoms with Gasteiger partial charge in [0.2, 0.25) is 5.76 Å². The Labute approximate surface area is 114 Å². The number of carbonyl (C=O) groups is 2. The molecular weight excluding hydrogens is 269 g/mol. The van der Waals surface area contributed by atoms with Crippen molar-refractivity contribution in [2.75, 3.05) is 7.11 Å². The third kappa shape index (κ3) is 4.06. The smallest absolute Gasteiger partial charge is 0.371 e. The van der Waals surface area contributed by atoms with Crippen molar-refractivity contribution in [3.05, 3.63) is 47.0 Å². The number of aliphatic hydroxyl groups is 1. The Morgan fingerprint density at radius 1 is 1.40 bits per heavy atom. The molecule has 0 saturated carbocycles. The Balaban J connectivity index is 2.86. The lowest BCUT2D eigenvalue weighted by molar-refractivity contribution is -0.173. The van der Waals surface area contributed by atoms with Crippen LogP contribution in [0.2, 0.25) is 0 Å². The van der Waals surface area contributed by atoms with Gasteiger partial charge < -0.3 is 10.2 Å². The van der Waals surface area contributed by atoms with Crippen LogP contribution in [0.1, 0.15) is 11.1 Å². The highest BCUT2D eigenvalue weighted by Gasteiger charge is 2.15. The summed E-state index contributed by atoms with van der Waals surface area (Å²) in [5.74, 6) is -4.02. The van der Waals surface area contributed by atoms with Gasteiger partial charge in [-0.1, -0.05) is 12.1 Å². The number of hydrogen-bond acceptors (Lipinski definition) is 4. The molecule has 0 saturated heterocycles. The number of hydrogen-bond donors (Lipinski definition) is 2. The van der Waals surface area contributed by atoms with Gasteiger partial charge in [0.1, 0.15) is 5.82 Å². The Morgan fingerprint density at radius 2 is 2.05 bits per heavy atom. The summed E-state index contributed by atoms with van der Waals surface area (Å²) in [6, 6.07) is 4.40. The molecule has 0 aromatic heterocycles. The van der Waals surface area contributed by atoms with Crippen molar-refractivity contribution in [2.45, 2.75) is 13.5 Å². The second-order valence-corrected chi connectivity index (χ2v) is 3.98. The van der Waals surface area contributed by atoms with Crippen LogP contribution in [0.4, 0.5) is 4.39 Å². The van der Waals surface area contributed by atoms with Gasteiger partial charge >= 0.3 is 5.97 Å². The second kappa shape index (κ2) is 6.67. The first kappa shape index (κ1) is 15.6. The summed E-state index contributed by atoms with van der Waals surface area (Å²) in [5, 5.41) is 18.2. The number of aliphatic carboxylic acids is 1. The number of aliphatic hydroxyl groups excluding tert-OH is 1. The number of carbonyl (C=O) groups excluding carboxylic acids is 1. The van der Waals surface area contributed by atoms with Gasteiger partial charge in [-0.15, -0.1) is 0 Å². The fourth-order valence-corrected chi connectivity index (χ4v) is 1.38. The van der Waals surface area contributed by atoms with E-state index in [2.05, 4.69) is 0 Å². The van der Waals surface area contributed by atoms with Crippen molar-refractivity contribution in [3.63, 3.8) is 0 Å². The van der Waals surface area contributed by atoms with E-state index in [1.54, 1.807) is 19.1 Å². The molecule has 2 N–H and O–H groups in total. The number of carboxylic acid groups (broad SMARTS) is 1. The largest absolute Gasteiger partial charge is 0.502 e. The molecule has 0 heterocycles. The van der Waals surface area contributed by atoms with Crippen LogP contribution in [0.3, 0.4) is 0 Å². The van der Waals surface area contributed by atoms with Crippen molar-refractivity contribution in [1.29, 1.82) is 0 Å². The van der Waals surface area contributed by atoms with E-state index in [1.165, 1.54) is 13.2 Å². The molecule has 7 heteroatoms. The van der Waals surface area contributed by atoms with Crippen LogP contribution >= 0.6 is 0 Å². The summed E-state index contributed by atoms with van der Waals surface area (Å²) >= 11 is 0. The maximum atomic E-state index is 13.4. The normalized spacial score (nSPS) is 11.2. The molecule has 6 nitrogen and oxygen atoms in total. The van der Waals surface area contributed by atoms with Crippen molar-refractivity contribution in [1.82, 2.24) is 5.06 Å². The minimum atomic E-state index is -1.63. The van der Waals surface area contributed by atoms with E-state index in [-0.39, 0.29) is 6.54 Å². The van der Waals surface area contributed by atoms with Crippen molar-refractivity contribution in [3.8, 4) is 0 Å². The molecule has 1 aromatic rings. The standard InChI is InChI=1S/C13H14FNO5/c1-8-3-4-9(5-10(8)14)7-15(20-2)12(17)6-11(16)13(18)19/h3-6,16H,7H2,1-2H3,(H,18,19). The predicted octanol–water partition coefficient (Wildman–Crippen LogP) is 1.55. The molecule has 0 unspecified atom stereocenters. The van der Waals surface area contributed by atoms with E-state index in [1.807, 2.05) is 0 Å². The lowest BCUT2D eigenvalue weighted by atomic mass is 10.1. The average Bonchev–Trinajstić information content (AvgIpc) is 2.39. The molecule has 20 heavy (non-hydrogen) atoms. The molecule has 0 fully saturated rings. The topological polar surface area (TPSA) is 87.1 Å². The molecule has 0 atom stereocenters. The zero-order valence-electron chi connectivity index (χ0n) is 11.0. The monoisotopic (exact) mass is 283 g/mol. The van der Waals surface area contributed by atoms with Gasteiger partial charge in [-0.05, 0) is 24.1 Å². The first-order valence-corrected chi connectivity index (χ1v) is 5.59. The maximum Gasteiger partial charge on any atom is 0.371 e. The SMILES string of the molecule is CON(Cc1ccc(C)c(F)c1)C(=O)C=C(O)C(=O)O. The average molecular weight is 283 g/mol. The van der Waals surface area contributed by atoms with Crippen molar-refractivity contribution >= 4 is 11.9 Å². The van der Waals surface area contributed by atoms with Gasteiger partial charge in [0, 0.05) is 0 Å². The van der Waals surface area contributed by atoms with E-state index in [0.717, 1.165) is 5.06 Å². The fraction of sp³-hybridized carbons (Fsp3) is 0.231. The number of rotatable bonds is 5. The number of benzene rings is 1. The molecule has 0 aliphatic heterocycles. The number of nitrogens with zero attached hydrogens (tertiary/aromatic N) is 1. The van der Waals surface area contributed by atoms with Gasteiger partial charge in [-0.3, -0.25) is 9.63 Å². The van der Waals surface area contributed by atoms with Gasteiger partial charge in [0.25, 0.3) is 5.91 Å². The van der Waals surface area contributed by atoms with Crippen LogP contribution in [0.15, 0.2) is 30.0 Å². The quantitative estimate of drug-likeness (QED) is 0.486. The lowest BCUT2D eigenvalue weighted by Gasteiger charge is -2.18. The summed E-state index contributed by atoms with van der Waals surface area (Å²) in [7, 11) is 1.20. The van der Waals surface area contributed by atoms with E-state index in [0.29, 0.717) is 17.2 Å². The Hall–Kier alpha value is -2.41. The Bertz CT molecular complexity index is 556. The van der Waals surface area contributed by atoms with Crippen LogP contribution in [0.5, 0.6) is 0 Å². The van der Waals surface area contributed by atoms with Crippen LogP contribution in [0.25, 0.3) is 0 Å². The third-order valence-electron chi connectivity index (χ3n) is 2.51. The summed E-state index contributed by atoms with van der Waals surface area (Å²) in [5.41, 5.74) is 0.930. The van der Waals surface area contributed by atoms with Crippen molar-refractivity contribution in [2.24, 2.45) is 0 Å². The number of aryl methyl sites for hydroxylation is 1. The third-order valence-corrected chi connectivity index (χ3v) is 2.51. The van der Waals surface area contributed by atoms with Crippen LogP contribution in [-0.4, -0.2) is 34.3 Å². The molecular formula is C13H14FNO5. The summed E-state index contributed by atoms with van der Waals surface area (Å²) in [6.07, 6.45) is 0.510. The Morgan fingerprint density at radius 3 is 2.55 bits per heavy atom. The number of halogens is 1. The number of hydroxylamine groups is 2. The first-order valence-electron chi connectivity index (χ1n) is 5.59. The summed E-state index contributed by atoms with van der Waals surface area (Å²) < 4.78 is 13.4. The van der Waals surface area contributed by atoms with Gasteiger partial charge in [-0.2, -0.15) is 0 Å². The Kier molecular flexibility index (Phi) is 5.22. The maximum absolute atomic E-state index is 13.4. The highest BCUT2D eigenvalue weighted by Crippen LogP contribution is 2.12. The lowest BCUT2D eigenvalue weighted by Crippen LogP contribution is -2.28. The molecule has 1 amide bonds. The zero-order chi connectivity index (χ0) is 15.3. The summed E-state index contributed by atoms with van der Waals surface area (Å²) in [6.45, 7) is 1.52. The first-order chi connectivity index (χ1) is 9.35. The van der Waals surface area contributed by atoms with E-state index >= 15 is 0 Å². The van der Waals surface area contributed by atoms with Crippen molar-refractivity contribution < 1.29 is 29.0 Å². The van der Waals surface area contributed by atoms with E-state index in [4.69, 9.17) is 15.1 Å². The second-order valence-electron chi connectivity index (χ2n) is 3.98. The van der Waals surface area contributed by atoms with Crippen LogP contribution in [-0.2, 0) is 21.0 Å². The van der Waals surface area contributed by atoms with Gasteiger partial charge in [0.05, 0.1) is 19.7 Å². The molecule has 108 valence electrons. The predicted molar refractivity (Wildman–Crippen MR) is 67.0 cm³/mol. The molecule has 1 rings (SSSR count).